The largest absolute Gasteiger partial charge is 0.350 e. The molecule has 4 aliphatic rings. The van der Waals surface area contributed by atoms with E-state index in [1.807, 2.05) is 0 Å². The molecule has 4 saturated carbocycles. The van der Waals surface area contributed by atoms with Crippen LogP contribution in [-0.4, -0.2) is 22.6 Å². The molecule has 1 heterocycles. The van der Waals surface area contributed by atoms with E-state index in [4.69, 9.17) is 11.6 Å². The zero-order chi connectivity index (χ0) is 14.4. The number of carbonyl (C=O) groups excluding carboxylic acids is 1. The van der Waals surface area contributed by atoms with E-state index in [1.165, 1.54) is 38.5 Å². The maximum atomic E-state index is 12.0. The van der Waals surface area contributed by atoms with Crippen LogP contribution >= 0.6 is 22.9 Å². The number of carbonyl (C=O) groups is 1. The number of hydrogen-bond donors (Lipinski definition) is 1. The smallest absolute Gasteiger partial charge is 0.282 e. The van der Waals surface area contributed by atoms with Crippen molar-refractivity contribution in [1.29, 1.82) is 0 Å². The van der Waals surface area contributed by atoms with Gasteiger partial charge < -0.3 is 5.32 Å². The second kappa shape index (κ2) is 5.20. The van der Waals surface area contributed by atoms with Crippen molar-refractivity contribution in [2.24, 2.45) is 23.2 Å². The zero-order valence-corrected chi connectivity index (χ0v) is 13.6. The summed E-state index contributed by atoms with van der Waals surface area (Å²) >= 11 is 6.85. The lowest BCUT2D eigenvalue weighted by Gasteiger charge is -2.57. The zero-order valence-electron chi connectivity index (χ0n) is 12.0. The minimum absolute atomic E-state index is 0.135. The Morgan fingerprint density at radius 1 is 1.19 bits per heavy atom. The molecule has 0 aromatic carbocycles. The van der Waals surface area contributed by atoms with Crippen molar-refractivity contribution >= 4 is 28.8 Å². The van der Waals surface area contributed by atoms with Gasteiger partial charge in [-0.3, -0.25) is 4.79 Å². The molecule has 0 unspecified atom stereocenters. The van der Waals surface area contributed by atoms with E-state index in [0.29, 0.717) is 14.9 Å². The quantitative estimate of drug-likeness (QED) is 0.921. The molecular weight excluding hydrogens is 306 g/mol. The van der Waals surface area contributed by atoms with Crippen LogP contribution in [0.15, 0.2) is 0 Å². The van der Waals surface area contributed by atoms with Gasteiger partial charge in [0, 0.05) is 6.54 Å². The molecule has 21 heavy (non-hydrogen) atoms. The Labute approximate surface area is 133 Å². The molecule has 0 saturated heterocycles. The van der Waals surface area contributed by atoms with E-state index in [1.54, 1.807) is 0 Å². The Bertz CT molecular complexity index is 524. The lowest BCUT2D eigenvalue weighted by molar-refractivity contribution is -0.0564. The Hall–Kier alpha value is -0.680. The van der Waals surface area contributed by atoms with Gasteiger partial charge in [0.2, 0.25) is 9.47 Å². The molecule has 1 amide bonds. The van der Waals surface area contributed by atoms with Crippen LogP contribution in [-0.2, 0) is 0 Å². The monoisotopic (exact) mass is 325 g/mol. The van der Waals surface area contributed by atoms with Crippen LogP contribution < -0.4 is 5.32 Å². The molecular formula is C15H20ClN3OS. The van der Waals surface area contributed by atoms with Crippen LogP contribution in [0.3, 0.4) is 0 Å². The van der Waals surface area contributed by atoms with Gasteiger partial charge in [-0.2, -0.15) is 0 Å². The first-order valence-electron chi connectivity index (χ1n) is 7.89. The molecule has 0 atom stereocenters. The van der Waals surface area contributed by atoms with Gasteiger partial charge in [0.1, 0.15) is 0 Å². The van der Waals surface area contributed by atoms with Crippen molar-refractivity contribution in [2.45, 2.75) is 44.9 Å². The number of nitrogens with zero attached hydrogens (tertiary/aromatic N) is 2. The minimum Gasteiger partial charge on any atom is -0.350 e. The average Bonchev–Trinajstić information content (AvgIpc) is 2.83. The summed E-state index contributed by atoms with van der Waals surface area (Å²) in [5.41, 5.74) is 0.515. The second-order valence-electron chi connectivity index (χ2n) is 7.28. The lowest BCUT2D eigenvalue weighted by atomic mass is 9.49. The molecule has 1 aromatic rings. The van der Waals surface area contributed by atoms with E-state index in [2.05, 4.69) is 15.5 Å². The van der Waals surface area contributed by atoms with E-state index in [0.717, 1.165) is 42.1 Å². The fourth-order valence-corrected chi connectivity index (χ4v) is 6.15. The highest BCUT2D eigenvalue weighted by molar-refractivity contribution is 7.17. The van der Waals surface area contributed by atoms with Gasteiger partial charge in [0.25, 0.3) is 5.91 Å². The minimum atomic E-state index is -0.135. The summed E-state index contributed by atoms with van der Waals surface area (Å²) in [6, 6.07) is 0. The molecule has 0 spiro atoms. The summed E-state index contributed by atoms with van der Waals surface area (Å²) in [6.45, 7) is 0.752. The number of hydrogen-bond acceptors (Lipinski definition) is 4. The van der Waals surface area contributed by atoms with Crippen LogP contribution in [0.25, 0.3) is 0 Å². The van der Waals surface area contributed by atoms with Crippen LogP contribution in [0.2, 0.25) is 4.47 Å². The van der Waals surface area contributed by atoms with Crippen molar-refractivity contribution in [2.75, 3.05) is 6.54 Å². The Balaban J connectivity index is 1.34. The van der Waals surface area contributed by atoms with Crippen molar-refractivity contribution in [3.63, 3.8) is 0 Å². The van der Waals surface area contributed by atoms with Crippen LogP contribution in [0.5, 0.6) is 0 Å². The second-order valence-corrected chi connectivity index (χ2v) is 8.84. The maximum absolute atomic E-state index is 12.0. The maximum Gasteiger partial charge on any atom is 0.282 e. The first kappa shape index (κ1) is 13.9. The van der Waals surface area contributed by atoms with Gasteiger partial charge in [0.05, 0.1) is 0 Å². The molecule has 114 valence electrons. The van der Waals surface area contributed by atoms with Crippen molar-refractivity contribution in [3.05, 3.63) is 9.47 Å². The first-order valence-corrected chi connectivity index (χ1v) is 9.09. The van der Waals surface area contributed by atoms with Crippen molar-refractivity contribution in [1.82, 2.24) is 15.5 Å². The number of halogens is 1. The van der Waals surface area contributed by atoms with E-state index in [9.17, 15) is 4.79 Å². The summed E-state index contributed by atoms with van der Waals surface area (Å²) in [6.07, 6.45) is 9.69. The Morgan fingerprint density at radius 3 is 2.33 bits per heavy atom. The van der Waals surface area contributed by atoms with Crippen molar-refractivity contribution < 1.29 is 4.79 Å². The van der Waals surface area contributed by atoms with E-state index in [-0.39, 0.29) is 5.91 Å². The highest BCUT2D eigenvalue weighted by Gasteiger charge is 2.50. The fourth-order valence-electron chi connectivity index (χ4n) is 5.41. The molecule has 4 aliphatic carbocycles. The highest BCUT2D eigenvalue weighted by atomic mass is 35.5. The first-order chi connectivity index (χ1) is 10.1. The fraction of sp³-hybridized carbons (Fsp3) is 0.800. The molecule has 0 aliphatic heterocycles. The molecule has 4 nitrogen and oxygen atoms in total. The number of amides is 1. The standard InChI is InChI=1S/C15H20ClN3OS/c16-14-19-18-13(21-14)12(20)17-2-1-15-6-9-3-10(7-15)5-11(4-9)8-15/h9-11H,1-8H2,(H,17,20). The Morgan fingerprint density at radius 2 is 1.81 bits per heavy atom. The Kier molecular flexibility index (Phi) is 3.45. The summed E-state index contributed by atoms with van der Waals surface area (Å²) in [4.78, 5) is 12.0. The van der Waals surface area contributed by atoms with Crippen LogP contribution in [0.4, 0.5) is 0 Å². The van der Waals surface area contributed by atoms with E-state index >= 15 is 0 Å². The summed E-state index contributed by atoms with van der Waals surface area (Å²) in [5.74, 6) is 2.76. The van der Waals surface area contributed by atoms with E-state index < -0.39 is 0 Å². The molecule has 0 radical (unpaired) electrons. The van der Waals surface area contributed by atoms with Gasteiger partial charge in [-0.1, -0.05) is 11.3 Å². The third kappa shape index (κ3) is 2.70. The molecule has 4 fully saturated rings. The highest BCUT2D eigenvalue weighted by Crippen LogP contribution is 2.61. The van der Waals surface area contributed by atoms with Gasteiger partial charge in [-0.15, -0.1) is 10.2 Å². The third-order valence-electron chi connectivity index (χ3n) is 5.70. The SMILES string of the molecule is O=C(NCCC12CC3CC(CC(C3)C1)C2)c1nnc(Cl)s1. The van der Waals surface area contributed by atoms with Gasteiger partial charge in [-0.25, -0.2) is 0 Å². The summed E-state index contributed by atoms with van der Waals surface area (Å²) in [7, 11) is 0. The normalized spacial score (nSPS) is 36.9. The predicted octanol–water partition coefficient (Wildman–Crippen LogP) is 3.53. The topological polar surface area (TPSA) is 54.9 Å². The van der Waals surface area contributed by atoms with Gasteiger partial charge in [0.15, 0.2) is 0 Å². The van der Waals surface area contributed by atoms with Crippen LogP contribution in [0.1, 0.15) is 54.7 Å². The summed E-state index contributed by atoms with van der Waals surface area (Å²) < 4.78 is 0.321. The molecule has 6 heteroatoms. The third-order valence-corrected chi connectivity index (χ3v) is 6.72. The summed E-state index contributed by atoms with van der Waals surface area (Å²) in [5, 5.41) is 10.8. The molecule has 1 aromatic heterocycles. The molecule has 4 bridgehead atoms. The van der Waals surface area contributed by atoms with Crippen molar-refractivity contribution in [3.8, 4) is 0 Å². The average molecular weight is 326 g/mol. The van der Waals surface area contributed by atoms with Crippen LogP contribution in [0, 0.1) is 23.2 Å². The molecule has 5 rings (SSSR count). The van der Waals surface area contributed by atoms with Gasteiger partial charge >= 0.3 is 0 Å². The van der Waals surface area contributed by atoms with Gasteiger partial charge in [-0.05, 0) is 79.7 Å². The molecule has 1 N–H and O–H groups in total. The number of nitrogens with one attached hydrogen (secondary N) is 1. The predicted molar refractivity (Wildman–Crippen MR) is 82.5 cm³/mol. The lowest BCUT2D eigenvalue weighted by Crippen LogP contribution is -2.47. The number of rotatable bonds is 4. The number of aromatic nitrogens is 2.